The van der Waals surface area contributed by atoms with E-state index in [2.05, 4.69) is 15.0 Å². The third-order valence-electron chi connectivity index (χ3n) is 8.62. The van der Waals surface area contributed by atoms with E-state index in [1.165, 1.54) is 24.4 Å². The number of benzene rings is 1. The fraction of sp³-hybridized carbons (Fsp3) is 0.464. The number of pyridine rings is 1. The molecule has 0 spiro atoms. The molecule has 2 saturated heterocycles. The van der Waals surface area contributed by atoms with Gasteiger partial charge in [-0.25, -0.2) is 9.78 Å². The lowest BCUT2D eigenvalue weighted by Gasteiger charge is -2.35. The first kappa shape index (κ1) is 23.7. The van der Waals surface area contributed by atoms with Gasteiger partial charge in [0.2, 0.25) is 0 Å². The summed E-state index contributed by atoms with van der Waals surface area (Å²) in [6.07, 6.45) is 1.81. The summed E-state index contributed by atoms with van der Waals surface area (Å²) in [6, 6.07) is 9.07. The van der Waals surface area contributed by atoms with Gasteiger partial charge in [-0.05, 0) is 56.2 Å². The SMILES string of the molecule is O=C(O)c1ccnc(N2C3CCC2C2C(C3)[C@@H]2OCc2c(-c3ccccc3C(F)(F)F)noc2C2CC2)c1. The van der Waals surface area contributed by atoms with E-state index in [1.54, 1.807) is 12.1 Å². The molecule has 4 fully saturated rings. The summed E-state index contributed by atoms with van der Waals surface area (Å²) >= 11 is 0. The number of alkyl halides is 3. The zero-order valence-electron chi connectivity index (χ0n) is 20.4. The summed E-state index contributed by atoms with van der Waals surface area (Å²) in [5, 5.41) is 13.5. The van der Waals surface area contributed by atoms with Gasteiger partial charge in [-0.1, -0.05) is 23.4 Å². The summed E-state index contributed by atoms with van der Waals surface area (Å²) in [4.78, 5) is 18.2. The van der Waals surface area contributed by atoms with Crippen LogP contribution in [0.25, 0.3) is 11.3 Å². The average Bonchev–Trinajstić information content (AvgIpc) is 3.79. The van der Waals surface area contributed by atoms with Gasteiger partial charge >= 0.3 is 12.1 Å². The van der Waals surface area contributed by atoms with E-state index < -0.39 is 17.7 Å². The minimum Gasteiger partial charge on any atom is -0.478 e. The molecule has 198 valence electrons. The topological polar surface area (TPSA) is 88.7 Å². The lowest BCUT2D eigenvalue weighted by molar-refractivity contribution is -0.137. The molecule has 2 aliphatic heterocycles. The van der Waals surface area contributed by atoms with Crippen molar-refractivity contribution in [3.8, 4) is 11.3 Å². The Balaban J connectivity index is 1.13. The highest BCUT2D eigenvalue weighted by atomic mass is 19.4. The number of carboxylic acids is 1. The third kappa shape index (κ3) is 3.88. The Hall–Kier alpha value is -3.40. The molecule has 3 aromatic rings. The predicted molar refractivity (Wildman–Crippen MR) is 130 cm³/mol. The van der Waals surface area contributed by atoms with Gasteiger partial charge in [0.25, 0.3) is 0 Å². The maximum atomic E-state index is 13.8. The molecule has 7 rings (SSSR count). The summed E-state index contributed by atoms with van der Waals surface area (Å²) in [5.41, 5.74) is 0.317. The van der Waals surface area contributed by atoms with Crippen molar-refractivity contribution in [3.05, 3.63) is 65.0 Å². The Bertz CT molecular complexity index is 1400. The number of fused-ring (bicyclic) bond motifs is 4. The molecule has 2 saturated carbocycles. The number of anilines is 1. The smallest absolute Gasteiger partial charge is 0.417 e. The highest BCUT2D eigenvalue weighted by Crippen LogP contribution is 2.59. The van der Waals surface area contributed by atoms with Crippen molar-refractivity contribution in [2.45, 2.75) is 69.0 Å². The normalized spacial score (nSPS) is 27.9. The molecule has 2 aromatic heterocycles. The summed E-state index contributed by atoms with van der Waals surface area (Å²) < 4.78 is 53.3. The number of piperidine rings is 1. The lowest BCUT2D eigenvalue weighted by atomic mass is 9.99. The van der Waals surface area contributed by atoms with Crippen LogP contribution in [-0.2, 0) is 17.5 Å². The van der Waals surface area contributed by atoms with Crippen LogP contribution in [0.3, 0.4) is 0 Å². The molecule has 38 heavy (non-hydrogen) atoms. The van der Waals surface area contributed by atoms with E-state index in [-0.39, 0.29) is 53.5 Å². The molecule has 2 aliphatic carbocycles. The fourth-order valence-electron chi connectivity index (χ4n) is 6.74. The number of ether oxygens (including phenoxy) is 1. The molecule has 10 heteroatoms. The number of carbonyl (C=O) groups is 1. The molecule has 2 bridgehead atoms. The van der Waals surface area contributed by atoms with Crippen LogP contribution < -0.4 is 4.90 Å². The van der Waals surface area contributed by atoms with E-state index in [1.807, 2.05) is 0 Å². The van der Waals surface area contributed by atoms with Crippen molar-refractivity contribution < 1.29 is 32.3 Å². The van der Waals surface area contributed by atoms with Gasteiger partial charge in [0.15, 0.2) is 0 Å². The number of halogens is 3. The summed E-state index contributed by atoms with van der Waals surface area (Å²) in [5.74, 6) is 1.17. The van der Waals surface area contributed by atoms with E-state index in [4.69, 9.17) is 9.26 Å². The molecule has 4 unspecified atom stereocenters. The Kier molecular flexibility index (Phi) is 5.34. The predicted octanol–water partition coefficient (Wildman–Crippen LogP) is 5.90. The van der Waals surface area contributed by atoms with Crippen LogP contribution in [0, 0.1) is 11.8 Å². The van der Waals surface area contributed by atoms with Crippen molar-refractivity contribution in [2.24, 2.45) is 11.8 Å². The number of aromatic carboxylic acids is 1. The largest absolute Gasteiger partial charge is 0.478 e. The second-order valence-electron chi connectivity index (χ2n) is 10.9. The number of hydrogen-bond acceptors (Lipinski definition) is 6. The zero-order valence-corrected chi connectivity index (χ0v) is 20.4. The molecule has 0 amide bonds. The standard InChI is InChI=1S/C28H26F3N3O4/c29-28(30,31)20-4-2-1-3-17(20)24-19(25(38-33-24)14-5-6-14)13-37-26-18-12-16-7-8-21(23(18)26)34(16)22-11-15(27(35)36)9-10-32-22/h1-4,9-11,14,16,18,21,23,26H,5-8,12-13H2,(H,35,36)/t16?,18?,21?,23?,26-/m0/s1. The van der Waals surface area contributed by atoms with E-state index in [9.17, 15) is 23.1 Å². The molecule has 1 N–H and O–H groups in total. The van der Waals surface area contributed by atoms with Gasteiger partial charge in [-0.2, -0.15) is 13.2 Å². The van der Waals surface area contributed by atoms with Gasteiger partial charge in [0.1, 0.15) is 17.3 Å². The fourth-order valence-corrected chi connectivity index (χ4v) is 6.74. The first-order valence-corrected chi connectivity index (χ1v) is 13.1. The minimum atomic E-state index is -4.51. The minimum absolute atomic E-state index is 0.0110. The maximum Gasteiger partial charge on any atom is 0.417 e. The number of aromatic nitrogens is 2. The highest BCUT2D eigenvalue weighted by Gasteiger charge is 2.63. The van der Waals surface area contributed by atoms with Gasteiger partial charge in [0.05, 0.1) is 23.8 Å². The highest BCUT2D eigenvalue weighted by molar-refractivity contribution is 5.88. The van der Waals surface area contributed by atoms with Crippen molar-refractivity contribution in [3.63, 3.8) is 0 Å². The maximum absolute atomic E-state index is 13.8. The van der Waals surface area contributed by atoms with E-state index >= 15 is 0 Å². The second-order valence-corrected chi connectivity index (χ2v) is 10.9. The zero-order chi connectivity index (χ0) is 26.2. The Morgan fingerprint density at radius 1 is 1.16 bits per heavy atom. The number of rotatable bonds is 7. The summed E-state index contributed by atoms with van der Waals surface area (Å²) in [7, 11) is 0. The molecule has 4 aliphatic rings. The molecule has 1 aromatic carbocycles. The van der Waals surface area contributed by atoms with Crippen LogP contribution in [-0.4, -0.2) is 39.4 Å². The molecule has 4 heterocycles. The van der Waals surface area contributed by atoms with Gasteiger partial charge < -0.3 is 19.3 Å². The lowest BCUT2D eigenvalue weighted by Crippen LogP contribution is -2.42. The molecular weight excluding hydrogens is 499 g/mol. The van der Waals surface area contributed by atoms with Crippen LogP contribution in [0.5, 0.6) is 0 Å². The Morgan fingerprint density at radius 3 is 2.74 bits per heavy atom. The average molecular weight is 526 g/mol. The second kappa shape index (κ2) is 8.56. The Morgan fingerprint density at radius 2 is 1.97 bits per heavy atom. The van der Waals surface area contributed by atoms with E-state index in [0.29, 0.717) is 23.1 Å². The van der Waals surface area contributed by atoms with Crippen molar-refractivity contribution in [1.82, 2.24) is 10.1 Å². The van der Waals surface area contributed by atoms with Crippen LogP contribution in [0.15, 0.2) is 47.1 Å². The van der Waals surface area contributed by atoms with Crippen LogP contribution in [0.1, 0.15) is 65.3 Å². The Labute approximate surface area is 216 Å². The molecule has 5 atom stereocenters. The van der Waals surface area contributed by atoms with Crippen molar-refractivity contribution >= 4 is 11.8 Å². The van der Waals surface area contributed by atoms with Crippen LogP contribution >= 0.6 is 0 Å². The molecule has 0 radical (unpaired) electrons. The van der Waals surface area contributed by atoms with Gasteiger partial charge in [-0.3, -0.25) is 0 Å². The number of hydrogen-bond donors (Lipinski definition) is 1. The monoisotopic (exact) mass is 525 g/mol. The van der Waals surface area contributed by atoms with Crippen molar-refractivity contribution in [2.75, 3.05) is 4.90 Å². The molecular formula is C28H26F3N3O4. The first-order valence-electron chi connectivity index (χ1n) is 13.1. The number of nitrogens with zero attached hydrogens (tertiary/aromatic N) is 3. The van der Waals surface area contributed by atoms with Crippen molar-refractivity contribution in [1.29, 1.82) is 0 Å². The van der Waals surface area contributed by atoms with Crippen LogP contribution in [0.2, 0.25) is 0 Å². The van der Waals surface area contributed by atoms with Gasteiger partial charge in [0, 0.05) is 41.2 Å². The number of carboxylic acid groups (broad SMARTS) is 1. The summed E-state index contributed by atoms with van der Waals surface area (Å²) in [6.45, 7) is 0.151. The first-order chi connectivity index (χ1) is 18.3. The molecule has 7 nitrogen and oxygen atoms in total. The third-order valence-corrected chi connectivity index (χ3v) is 8.62. The van der Waals surface area contributed by atoms with Crippen LogP contribution in [0.4, 0.5) is 19.0 Å². The quantitative estimate of drug-likeness (QED) is 0.411. The van der Waals surface area contributed by atoms with E-state index in [0.717, 1.165) is 38.2 Å². The van der Waals surface area contributed by atoms with Gasteiger partial charge in [-0.15, -0.1) is 0 Å².